The first-order chi connectivity index (χ1) is 8.95. The number of sulfone groups is 1. The molecule has 0 N–H and O–H groups in total. The first kappa shape index (κ1) is 13.3. The smallest absolute Gasteiger partial charge is 0.262 e. The molecule has 2 heterocycles. The molecule has 2 aromatic rings. The molecule has 0 saturated heterocycles. The third kappa shape index (κ3) is 2.53. The minimum atomic E-state index is -3.59. The second-order valence-corrected chi connectivity index (χ2v) is 5.92. The quantitative estimate of drug-likeness (QED) is 0.611. The lowest BCUT2D eigenvalue weighted by molar-refractivity contribution is -0.595. The van der Waals surface area contributed by atoms with Crippen LogP contribution in [-0.4, -0.2) is 24.1 Å². The minimum absolute atomic E-state index is 0.00373. The number of rotatable bonds is 3. The van der Waals surface area contributed by atoms with Crippen molar-refractivity contribution in [2.24, 2.45) is 0 Å². The molecule has 0 amide bonds. The monoisotopic (exact) mass is 283 g/mol. The van der Waals surface area contributed by atoms with E-state index in [0.29, 0.717) is 4.73 Å². The molecule has 6 nitrogen and oxygen atoms in total. The van der Waals surface area contributed by atoms with Crippen LogP contribution in [-0.2, 0) is 9.84 Å². The van der Waals surface area contributed by atoms with Crippen LogP contribution in [0.25, 0.3) is 11.4 Å². The van der Waals surface area contributed by atoms with Crippen LogP contribution < -0.4 is 4.73 Å². The van der Waals surface area contributed by atoms with E-state index in [1.165, 1.54) is 19.1 Å². The highest BCUT2D eigenvalue weighted by molar-refractivity contribution is 7.91. The third-order valence-corrected chi connectivity index (χ3v) is 4.26. The highest BCUT2D eigenvalue weighted by Crippen LogP contribution is 2.22. The summed E-state index contributed by atoms with van der Waals surface area (Å²) in [5.74, 6) is -0.962. The van der Waals surface area contributed by atoms with Crippen LogP contribution in [0.1, 0.15) is 6.92 Å². The highest BCUT2D eigenvalue weighted by Gasteiger charge is 2.25. The van der Waals surface area contributed by atoms with Crippen molar-refractivity contribution < 1.29 is 17.5 Å². The van der Waals surface area contributed by atoms with Crippen LogP contribution in [0.5, 0.6) is 0 Å². The minimum Gasteiger partial charge on any atom is -0.618 e. The van der Waals surface area contributed by atoms with Crippen molar-refractivity contribution in [3.05, 3.63) is 41.9 Å². The van der Waals surface area contributed by atoms with Gasteiger partial charge in [-0.2, -0.15) is 9.12 Å². The predicted octanol–water partition coefficient (Wildman–Crippen LogP) is 0.710. The van der Waals surface area contributed by atoms with Crippen molar-refractivity contribution in [2.75, 3.05) is 5.75 Å². The normalized spacial score (nSPS) is 11.5. The summed E-state index contributed by atoms with van der Waals surface area (Å²) in [4.78, 5) is 6.92. The zero-order valence-electron chi connectivity index (χ0n) is 9.95. The predicted molar refractivity (Wildman–Crippen MR) is 64.1 cm³/mol. The molecule has 2 rings (SSSR count). The van der Waals surface area contributed by atoms with E-state index in [2.05, 4.69) is 9.97 Å². The van der Waals surface area contributed by atoms with Crippen molar-refractivity contribution in [2.45, 2.75) is 11.8 Å². The Morgan fingerprint density at radius 2 is 2.11 bits per heavy atom. The van der Waals surface area contributed by atoms with E-state index in [4.69, 9.17) is 0 Å². The Kier molecular flexibility index (Phi) is 3.43. The zero-order valence-corrected chi connectivity index (χ0v) is 10.8. The average Bonchev–Trinajstić information content (AvgIpc) is 2.40. The van der Waals surface area contributed by atoms with Gasteiger partial charge in [-0.3, -0.25) is 0 Å². The average molecular weight is 283 g/mol. The van der Waals surface area contributed by atoms with E-state index in [0.717, 1.165) is 18.6 Å². The Morgan fingerprint density at radius 3 is 2.68 bits per heavy atom. The third-order valence-electron chi connectivity index (χ3n) is 2.50. The lowest BCUT2D eigenvalue weighted by atomic mass is 10.3. The van der Waals surface area contributed by atoms with Crippen LogP contribution >= 0.6 is 0 Å². The molecule has 0 fully saturated rings. The lowest BCUT2D eigenvalue weighted by Gasteiger charge is -2.08. The van der Waals surface area contributed by atoms with Crippen molar-refractivity contribution >= 4 is 9.84 Å². The fourth-order valence-electron chi connectivity index (χ4n) is 1.55. The van der Waals surface area contributed by atoms with E-state index < -0.39 is 15.8 Å². The number of aromatic nitrogens is 3. The maximum atomic E-state index is 12.7. The van der Waals surface area contributed by atoms with Crippen molar-refractivity contribution in [1.82, 2.24) is 9.97 Å². The van der Waals surface area contributed by atoms with Gasteiger partial charge in [-0.25, -0.2) is 18.4 Å². The van der Waals surface area contributed by atoms with Gasteiger partial charge in [-0.15, -0.1) is 0 Å². The number of nitrogens with zero attached hydrogens (tertiary/aromatic N) is 3. The Bertz CT molecular complexity index is 702. The van der Waals surface area contributed by atoms with Crippen molar-refractivity contribution in [3.8, 4) is 11.4 Å². The van der Waals surface area contributed by atoms with E-state index in [-0.39, 0.29) is 22.0 Å². The van der Waals surface area contributed by atoms with Gasteiger partial charge in [0.25, 0.3) is 5.69 Å². The summed E-state index contributed by atoms with van der Waals surface area (Å²) in [6.45, 7) is 1.47. The van der Waals surface area contributed by atoms with Gasteiger partial charge in [0.2, 0.25) is 5.95 Å². The summed E-state index contributed by atoms with van der Waals surface area (Å²) in [5.41, 5.74) is -0.152. The molecule has 0 aromatic carbocycles. The molecule has 0 aliphatic heterocycles. The first-order valence-electron chi connectivity index (χ1n) is 5.38. The summed E-state index contributed by atoms with van der Waals surface area (Å²) in [7, 11) is -3.59. The summed E-state index contributed by atoms with van der Waals surface area (Å²) < 4.78 is 37.0. The molecule has 0 saturated carbocycles. The standard InChI is InChI=1S/C11H10FN3O3S/c1-2-19(17,18)9-4-3-5-15(16)11(9)8-6-14-10(12)7-13-8/h3-7H,2H2,1H3. The Balaban J connectivity index is 2.72. The number of halogens is 1. The van der Waals surface area contributed by atoms with Gasteiger partial charge < -0.3 is 5.21 Å². The molecule has 0 unspecified atom stereocenters. The number of hydrogen-bond acceptors (Lipinski definition) is 5. The Hall–Kier alpha value is -2.09. The number of pyridine rings is 1. The summed E-state index contributed by atoms with van der Waals surface area (Å²) in [5, 5.41) is 11.8. The largest absolute Gasteiger partial charge is 0.618 e. The van der Waals surface area contributed by atoms with E-state index in [1.807, 2.05) is 0 Å². The van der Waals surface area contributed by atoms with Crippen LogP contribution in [0.2, 0.25) is 0 Å². The van der Waals surface area contributed by atoms with Crippen molar-refractivity contribution in [1.29, 1.82) is 0 Å². The molecule has 100 valence electrons. The second-order valence-electron chi connectivity index (χ2n) is 3.67. The fraction of sp³-hybridized carbons (Fsp3) is 0.182. The van der Waals surface area contributed by atoms with E-state index in [1.54, 1.807) is 0 Å². The van der Waals surface area contributed by atoms with Crippen LogP contribution in [0.15, 0.2) is 35.6 Å². The molecule has 0 aliphatic rings. The Labute approximate surface area is 109 Å². The molecule has 0 aliphatic carbocycles. The van der Waals surface area contributed by atoms with Crippen LogP contribution in [0.4, 0.5) is 4.39 Å². The molecule has 0 radical (unpaired) electrons. The van der Waals surface area contributed by atoms with Gasteiger partial charge in [0, 0.05) is 6.07 Å². The second kappa shape index (κ2) is 4.88. The van der Waals surface area contributed by atoms with Gasteiger partial charge in [-0.1, -0.05) is 6.92 Å². The first-order valence-corrected chi connectivity index (χ1v) is 7.04. The maximum absolute atomic E-state index is 12.7. The van der Waals surface area contributed by atoms with Gasteiger partial charge in [0.05, 0.1) is 18.1 Å². The maximum Gasteiger partial charge on any atom is 0.262 e. The van der Waals surface area contributed by atoms with E-state index in [9.17, 15) is 18.0 Å². The topological polar surface area (TPSA) is 86.9 Å². The van der Waals surface area contributed by atoms with Crippen molar-refractivity contribution in [3.63, 3.8) is 0 Å². The summed E-state index contributed by atoms with van der Waals surface area (Å²) in [6.07, 6.45) is 2.99. The highest BCUT2D eigenvalue weighted by atomic mass is 32.2. The van der Waals surface area contributed by atoms with E-state index >= 15 is 0 Å². The molecule has 19 heavy (non-hydrogen) atoms. The fourth-order valence-corrected chi connectivity index (χ4v) is 2.64. The molecular formula is C11H10FN3O3S. The van der Waals surface area contributed by atoms with Gasteiger partial charge in [0.15, 0.2) is 21.7 Å². The molecular weight excluding hydrogens is 273 g/mol. The van der Waals surface area contributed by atoms with Gasteiger partial charge in [-0.05, 0) is 6.07 Å². The molecule has 8 heteroatoms. The number of hydrogen-bond donors (Lipinski definition) is 0. The SMILES string of the molecule is CCS(=O)(=O)c1ccc[n+]([O-])c1-c1cnc(F)cn1. The molecule has 0 spiro atoms. The van der Waals surface area contributed by atoms with Crippen LogP contribution in [0, 0.1) is 11.2 Å². The van der Waals surface area contributed by atoms with Gasteiger partial charge in [0.1, 0.15) is 4.90 Å². The summed E-state index contributed by atoms with van der Waals surface area (Å²) >= 11 is 0. The van der Waals surface area contributed by atoms with Gasteiger partial charge >= 0.3 is 0 Å². The zero-order chi connectivity index (χ0) is 14.0. The summed E-state index contributed by atoms with van der Waals surface area (Å²) in [6, 6.07) is 2.64. The Morgan fingerprint density at radius 1 is 1.37 bits per heavy atom. The lowest BCUT2D eigenvalue weighted by Crippen LogP contribution is -2.31. The molecule has 0 atom stereocenters. The van der Waals surface area contributed by atoms with Crippen LogP contribution in [0.3, 0.4) is 0 Å². The molecule has 0 bridgehead atoms. The molecule has 2 aromatic heterocycles.